The van der Waals surface area contributed by atoms with Crippen LogP contribution in [0.2, 0.25) is 0 Å². The molecule has 0 aromatic heterocycles. The molecule has 2 aliphatic heterocycles. The number of hydrogen-bond acceptors (Lipinski definition) is 2. The zero-order valence-electron chi connectivity index (χ0n) is 20.5. The van der Waals surface area contributed by atoms with Gasteiger partial charge in [-0.05, 0) is 118 Å². The van der Waals surface area contributed by atoms with Gasteiger partial charge in [-0.2, -0.15) is 0 Å². The molecule has 6 fully saturated rings. The van der Waals surface area contributed by atoms with E-state index in [9.17, 15) is 0 Å². The van der Waals surface area contributed by atoms with Gasteiger partial charge in [-0.1, -0.05) is 20.3 Å². The van der Waals surface area contributed by atoms with Gasteiger partial charge in [0.15, 0.2) is 0 Å². The van der Waals surface area contributed by atoms with E-state index in [0.717, 1.165) is 65.2 Å². The molecule has 6 aliphatic rings. The van der Waals surface area contributed by atoms with Gasteiger partial charge in [0.05, 0.1) is 0 Å². The second-order valence-electron chi connectivity index (χ2n) is 13.7. The van der Waals surface area contributed by atoms with E-state index >= 15 is 0 Å². The van der Waals surface area contributed by atoms with Crippen molar-refractivity contribution in [1.82, 2.24) is 9.80 Å². The fourth-order valence-electron chi connectivity index (χ4n) is 9.80. The summed E-state index contributed by atoms with van der Waals surface area (Å²) < 4.78 is 0. The van der Waals surface area contributed by atoms with Gasteiger partial charge < -0.3 is 4.90 Å². The zero-order chi connectivity index (χ0) is 20.8. The minimum Gasteiger partial charge on any atom is -0.300 e. The van der Waals surface area contributed by atoms with Crippen LogP contribution in [0.3, 0.4) is 0 Å². The lowest BCUT2D eigenvalue weighted by atomic mass is 9.59. The maximum absolute atomic E-state index is 2.94. The average molecular weight is 413 g/mol. The van der Waals surface area contributed by atoms with E-state index in [1.807, 2.05) is 0 Å². The van der Waals surface area contributed by atoms with Gasteiger partial charge in [0, 0.05) is 37.8 Å². The number of nitrogens with zero attached hydrogens (tertiary/aromatic N) is 2. The molecule has 2 heteroatoms. The van der Waals surface area contributed by atoms with E-state index in [-0.39, 0.29) is 0 Å². The molecule has 10 atom stereocenters. The first-order chi connectivity index (χ1) is 14.3. The molecule has 0 aromatic carbocycles. The van der Waals surface area contributed by atoms with Crippen LogP contribution in [0.4, 0.5) is 0 Å². The van der Waals surface area contributed by atoms with Crippen molar-refractivity contribution in [2.24, 2.45) is 59.2 Å². The van der Waals surface area contributed by atoms with Gasteiger partial charge in [-0.3, -0.25) is 4.90 Å². The first-order valence-electron chi connectivity index (χ1n) is 13.8. The maximum atomic E-state index is 2.94. The van der Waals surface area contributed by atoms with Crippen LogP contribution in [0.15, 0.2) is 0 Å². The minimum atomic E-state index is 0.433. The second kappa shape index (κ2) is 7.21. The molecule has 2 saturated heterocycles. The Labute approximate surface area is 186 Å². The summed E-state index contributed by atoms with van der Waals surface area (Å²) in [5, 5.41) is 0. The van der Waals surface area contributed by atoms with Crippen molar-refractivity contribution in [3.05, 3.63) is 0 Å². The van der Waals surface area contributed by atoms with Crippen molar-refractivity contribution in [3.8, 4) is 0 Å². The lowest BCUT2D eigenvalue weighted by Gasteiger charge is -2.53. The Morgan fingerprint density at radius 3 is 2.27 bits per heavy atom. The molecule has 30 heavy (non-hydrogen) atoms. The van der Waals surface area contributed by atoms with Crippen LogP contribution < -0.4 is 0 Å². The topological polar surface area (TPSA) is 6.48 Å². The Morgan fingerprint density at radius 2 is 1.57 bits per heavy atom. The average Bonchev–Trinajstić information content (AvgIpc) is 3.18. The van der Waals surface area contributed by atoms with E-state index < -0.39 is 0 Å². The number of hydrogen-bond donors (Lipinski definition) is 0. The van der Waals surface area contributed by atoms with Gasteiger partial charge in [0.1, 0.15) is 0 Å². The monoisotopic (exact) mass is 412 g/mol. The molecule has 6 rings (SSSR count). The summed E-state index contributed by atoms with van der Waals surface area (Å²) in [5.41, 5.74) is 0.433. The van der Waals surface area contributed by atoms with E-state index in [1.165, 1.54) is 64.7 Å². The van der Waals surface area contributed by atoms with Crippen LogP contribution in [0.5, 0.6) is 0 Å². The highest BCUT2D eigenvalue weighted by molar-refractivity contribution is 5.10. The van der Waals surface area contributed by atoms with E-state index in [2.05, 4.69) is 44.4 Å². The summed E-state index contributed by atoms with van der Waals surface area (Å²) >= 11 is 0. The highest BCUT2D eigenvalue weighted by Gasteiger charge is 2.59. The van der Waals surface area contributed by atoms with Crippen molar-refractivity contribution in [2.75, 3.05) is 26.2 Å². The van der Waals surface area contributed by atoms with Crippen LogP contribution in [-0.2, 0) is 0 Å². The molecule has 4 saturated carbocycles. The number of fused-ring (bicyclic) bond motifs is 3. The zero-order valence-corrected chi connectivity index (χ0v) is 20.5. The van der Waals surface area contributed by atoms with E-state index in [0.29, 0.717) is 5.54 Å². The Hall–Kier alpha value is -0.0800. The molecule has 170 valence electrons. The lowest BCUT2D eigenvalue weighted by Crippen LogP contribution is -2.57. The molecule has 2 nitrogen and oxygen atoms in total. The molecule has 0 amide bonds. The van der Waals surface area contributed by atoms with Crippen LogP contribution >= 0.6 is 0 Å². The SMILES string of the molecule is CC(C)C1CCC2C(CC(C)N3CC4CC(C(C)(C)N5CC6CCCC6C5)C4C3)C12. The molecular weight excluding hydrogens is 364 g/mol. The van der Waals surface area contributed by atoms with Crippen LogP contribution in [-0.4, -0.2) is 47.6 Å². The smallest absolute Gasteiger partial charge is 0.0184 e. The van der Waals surface area contributed by atoms with Crippen molar-refractivity contribution in [1.29, 1.82) is 0 Å². The predicted molar refractivity (Wildman–Crippen MR) is 125 cm³/mol. The van der Waals surface area contributed by atoms with E-state index in [4.69, 9.17) is 0 Å². The highest BCUT2D eigenvalue weighted by Crippen LogP contribution is 2.64. The van der Waals surface area contributed by atoms with E-state index in [1.54, 1.807) is 6.42 Å². The summed E-state index contributed by atoms with van der Waals surface area (Å²) in [6.45, 7) is 18.4. The van der Waals surface area contributed by atoms with Gasteiger partial charge in [-0.25, -0.2) is 0 Å². The van der Waals surface area contributed by atoms with Crippen molar-refractivity contribution in [3.63, 3.8) is 0 Å². The number of likely N-dealkylation sites (tertiary alicyclic amines) is 2. The summed E-state index contributed by atoms with van der Waals surface area (Å²) in [4.78, 5) is 5.87. The fraction of sp³-hybridized carbons (Fsp3) is 1.00. The van der Waals surface area contributed by atoms with Gasteiger partial charge >= 0.3 is 0 Å². The number of rotatable bonds is 6. The molecule has 0 N–H and O–H groups in total. The quantitative estimate of drug-likeness (QED) is 0.546. The molecule has 0 radical (unpaired) electrons. The first-order valence-corrected chi connectivity index (χ1v) is 13.8. The molecule has 4 aliphatic carbocycles. The van der Waals surface area contributed by atoms with Gasteiger partial charge in [0.25, 0.3) is 0 Å². The van der Waals surface area contributed by atoms with Gasteiger partial charge in [0.2, 0.25) is 0 Å². The summed E-state index contributed by atoms with van der Waals surface area (Å²) in [6, 6.07) is 0.828. The molecule has 2 heterocycles. The standard InChI is InChI=1S/C28H48N2/c1-17(2)22-9-10-23-24(27(22)23)11-18(3)29-13-21-12-26(25(21)16-29)28(4,5)30-14-19-7-6-8-20(19)15-30/h17-27H,6-16H2,1-5H3. The maximum Gasteiger partial charge on any atom is 0.0184 e. The third kappa shape index (κ3) is 3.09. The lowest BCUT2D eigenvalue weighted by molar-refractivity contribution is -0.0298. The summed E-state index contributed by atoms with van der Waals surface area (Å²) in [6.07, 6.45) is 10.6. The Morgan fingerprint density at radius 1 is 0.833 bits per heavy atom. The molecular formula is C28H48N2. The van der Waals surface area contributed by atoms with Crippen LogP contribution in [0.25, 0.3) is 0 Å². The normalized spacial score (nSPS) is 49.2. The van der Waals surface area contributed by atoms with Crippen molar-refractivity contribution >= 4 is 0 Å². The third-order valence-corrected chi connectivity index (χ3v) is 11.9. The summed E-state index contributed by atoms with van der Waals surface area (Å²) in [7, 11) is 0. The fourth-order valence-corrected chi connectivity index (χ4v) is 9.80. The predicted octanol–water partition coefficient (Wildman–Crippen LogP) is 5.77. The van der Waals surface area contributed by atoms with Crippen molar-refractivity contribution < 1.29 is 0 Å². The van der Waals surface area contributed by atoms with Crippen LogP contribution in [0, 0.1) is 59.2 Å². The van der Waals surface area contributed by atoms with Gasteiger partial charge in [-0.15, -0.1) is 0 Å². The summed E-state index contributed by atoms with van der Waals surface area (Å²) in [5.74, 6) is 10.3. The minimum absolute atomic E-state index is 0.433. The second-order valence-corrected chi connectivity index (χ2v) is 13.7. The molecule has 0 aromatic rings. The molecule has 10 unspecified atom stereocenters. The first kappa shape index (κ1) is 20.5. The van der Waals surface area contributed by atoms with Crippen LogP contribution in [0.1, 0.15) is 79.6 Å². The largest absolute Gasteiger partial charge is 0.300 e. The Bertz CT molecular complexity index is 643. The molecule has 0 spiro atoms. The van der Waals surface area contributed by atoms with Crippen molar-refractivity contribution in [2.45, 2.75) is 91.1 Å². The third-order valence-electron chi connectivity index (χ3n) is 11.9. The highest BCUT2D eigenvalue weighted by atomic mass is 15.2. The Balaban J connectivity index is 1.04. The Kier molecular flexibility index (Phi) is 4.93. The molecule has 0 bridgehead atoms.